The van der Waals surface area contributed by atoms with Crippen LogP contribution in [0.15, 0.2) is 30.6 Å². The number of rotatable bonds is 3. The molecular formula is C11H14N4O. The van der Waals surface area contributed by atoms with Crippen LogP contribution >= 0.6 is 0 Å². The summed E-state index contributed by atoms with van der Waals surface area (Å²) in [5.41, 5.74) is 6.52. The van der Waals surface area contributed by atoms with Gasteiger partial charge in [0.05, 0.1) is 5.92 Å². The van der Waals surface area contributed by atoms with Crippen molar-refractivity contribution in [3.8, 4) is 5.75 Å². The zero-order valence-corrected chi connectivity index (χ0v) is 9.04. The van der Waals surface area contributed by atoms with Crippen LogP contribution in [0.5, 0.6) is 5.75 Å². The van der Waals surface area contributed by atoms with E-state index in [4.69, 9.17) is 5.73 Å². The number of hydrogen-bond acceptors (Lipinski definition) is 4. The van der Waals surface area contributed by atoms with Gasteiger partial charge in [0.15, 0.2) is 0 Å². The average Bonchev–Trinajstić information content (AvgIpc) is 2.69. The first-order valence-corrected chi connectivity index (χ1v) is 5.06. The Kier molecular flexibility index (Phi) is 2.87. The summed E-state index contributed by atoms with van der Waals surface area (Å²) in [6.45, 7) is 0.379. The third kappa shape index (κ3) is 1.77. The fourth-order valence-electron chi connectivity index (χ4n) is 1.77. The molecule has 1 unspecified atom stereocenters. The third-order valence-electron chi connectivity index (χ3n) is 2.61. The normalized spacial score (nSPS) is 12.6. The van der Waals surface area contributed by atoms with Gasteiger partial charge in [0, 0.05) is 19.2 Å². The molecule has 84 valence electrons. The molecule has 1 heterocycles. The molecule has 3 N–H and O–H groups in total. The van der Waals surface area contributed by atoms with Crippen molar-refractivity contribution in [1.29, 1.82) is 0 Å². The minimum absolute atomic E-state index is 0.131. The summed E-state index contributed by atoms with van der Waals surface area (Å²) in [7, 11) is 1.81. The van der Waals surface area contributed by atoms with E-state index in [-0.39, 0.29) is 11.7 Å². The average molecular weight is 218 g/mol. The molecule has 0 aliphatic rings. The molecule has 0 fully saturated rings. The van der Waals surface area contributed by atoms with Crippen LogP contribution < -0.4 is 5.73 Å². The second-order valence-electron chi connectivity index (χ2n) is 3.59. The van der Waals surface area contributed by atoms with Gasteiger partial charge in [0.1, 0.15) is 17.9 Å². The highest BCUT2D eigenvalue weighted by Crippen LogP contribution is 2.28. The number of hydrogen-bond donors (Lipinski definition) is 2. The second kappa shape index (κ2) is 4.32. The largest absolute Gasteiger partial charge is 0.508 e. The molecule has 1 aromatic carbocycles. The highest BCUT2D eigenvalue weighted by molar-refractivity contribution is 5.38. The smallest absolute Gasteiger partial charge is 0.138 e. The Morgan fingerprint density at radius 2 is 2.19 bits per heavy atom. The number of benzene rings is 1. The molecule has 1 atom stereocenters. The van der Waals surface area contributed by atoms with Crippen molar-refractivity contribution in [1.82, 2.24) is 14.8 Å². The predicted molar refractivity (Wildman–Crippen MR) is 60.0 cm³/mol. The Balaban J connectivity index is 2.45. The molecule has 2 aromatic rings. The summed E-state index contributed by atoms with van der Waals surface area (Å²) in [5.74, 6) is 0.860. The van der Waals surface area contributed by atoms with Crippen molar-refractivity contribution in [2.75, 3.05) is 6.54 Å². The van der Waals surface area contributed by atoms with Gasteiger partial charge >= 0.3 is 0 Å². The lowest BCUT2D eigenvalue weighted by molar-refractivity contribution is 0.462. The van der Waals surface area contributed by atoms with Gasteiger partial charge in [-0.2, -0.15) is 5.10 Å². The fraction of sp³-hybridized carbons (Fsp3) is 0.273. The molecular weight excluding hydrogens is 204 g/mol. The number of aromatic hydroxyl groups is 1. The highest BCUT2D eigenvalue weighted by Gasteiger charge is 2.19. The Labute approximate surface area is 93.5 Å². The SMILES string of the molecule is Cn1ncnc1C(CN)c1ccccc1O. The van der Waals surface area contributed by atoms with Crippen molar-refractivity contribution in [3.63, 3.8) is 0 Å². The molecule has 0 spiro atoms. The Bertz CT molecular complexity index is 480. The molecule has 5 heteroatoms. The lowest BCUT2D eigenvalue weighted by Gasteiger charge is -2.15. The molecule has 1 aromatic heterocycles. The highest BCUT2D eigenvalue weighted by atomic mass is 16.3. The molecule has 0 radical (unpaired) electrons. The maximum atomic E-state index is 9.79. The van der Waals surface area contributed by atoms with Crippen molar-refractivity contribution >= 4 is 0 Å². The van der Waals surface area contributed by atoms with E-state index in [1.165, 1.54) is 6.33 Å². The molecule has 0 bridgehead atoms. The molecule has 5 nitrogen and oxygen atoms in total. The zero-order valence-electron chi connectivity index (χ0n) is 9.04. The Morgan fingerprint density at radius 3 is 2.75 bits per heavy atom. The van der Waals surface area contributed by atoms with E-state index < -0.39 is 0 Å². The maximum Gasteiger partial charge on any atom is 0.138 e. The van der Waals surface area contributed by atoms with Crippen molar-refractivity contribution < 1.29 is 5.11 Å². The summed E-state index contributed by atoms with van der Waals surface area (Å²) < 4.78 is 1.67. The lowest BCUT2D eigenvalue weighted by Crippen LogP contribution is -2.18. The van der Waals surface area contributed by atoms with E-state index in [0.717, 1.165) is 11.4 Å². The quantitative estimate of drug-likeness (QED) is 0.791. The molecule has 0 aliphatic carbocycles. The number of para-hydroxylation sites is 1. The van der Waals surface area contributed by atoms with E-state index in [9.17, 15) is 5.11 Å². The molecule has 16 heavy (non-hydrogen) atoms. The van der Waals surface area contributed by atoms with Gasteiger partial charge in [-0.3, -0.25) is 4.68 Å². The topological polar surface area (TPSA) is 77.0 Å². The van der Waals surface area contributed by atoms with Crippen molar-refractivity contribution in [2.24, 2.45) is 12.8 Å². The first-order valence-electron chi connectivity index (χ1n) is 5.06. The summed E-state index contributed by atoms with van der Waals surface area (Å²) in [5, 5.41) is 13.8. The summed E-state index contributed by atoms with van der Waals surface area (Å²) >= 11 is 0. The van der Waals surface area contributed by atoms with Crippen LogP contribution in [0.2, 0.25) is 0 Å². The van der Waals surface area contributed by atoms with E-state index in [1.54, 1.807) is 16.8 Å². The van der Waals surface area contributed by atoms with Crippen LogP contribution in [0, 0.1) is 0 Å². The zero-order chi connectivity index (χ0) is 11.5. The third-order valence-corrected chi connectivity index (χ3v) is 2.61. The first-order chi connectivity index (χ1) is 7.74. The first kappa shape index (κ1) is 10.6. The van der Waals surface area contributed by atoms with Gasteiger partial charge in [-0.25, -0.2) is 4.98 Å². The van der Waals surface area contributed by atoms with Gasteiger partial charge in [0.25, 0.3) is 0 Å². The minimum Gasteiger partial charge on any atom is -0.508 e. The van der Waals surface area contributed by atoms with Crippen LogP contribution in [0.4, 0.5) is 0 Å². The molecule has 0 aliphatic heterocycles. The molecule has 2 rings (SSSR count). The van der Waals surface area contributed by atoms with Crippen molar-refractivity contribution in [3.05, 3.63) is 42.0 Å². The van der Waals surface area contributed by atoms with E-state index in [2.05, 4.69) is 10.1 Å². The van der Waals surface area contributed by atoms with Gasteiger partial charge in [-0.1, -0.05) is 18.2 Å². The molecule has 0 saturated heterocycles. The number of phenolic OH excluding ortho intramolecular Hbond substituents is 1. The standard InChI is InChI=1S/C11H14N4O/c1-15-11(13-7-14-15)9(6-12)8-4-2-3-5-10(8)16/h2-5,7,9,16H,6,12H2,1H3. The summed E-state index contributed by atoms with van der Waals surface area (Å²) in [6.07, 6.45) is 1.48. The number of nitrogens with two attached hydrogens (primary N) is 1. The second-order valence-corrected chi connectivity index (χ2v) is 3.59. The van der Waals surface area contributed by atoms with Crippen LogP contribution in [-0.4, -0.2) is 26.4 Å². The predicted octanol–water partition coefficient (Wildman–Crippen LogP) is 0.611. The van der Waals surface area contributed by atoms with Crippen LogP contribution in [0.1, 0.15) is 17.3 Å². The Hall–Kier alpha value is -1.88. The molecule has 0 amide bonds. The van der Waals surface area contributed by atoms with Gasteiger partial charge in [-0.05, 0) is 6.07 Å². The number of aryl methyl sites for hydroxylation is 1. The number of aromatic nitrogens is 3. The lowest BCUT2D eigenvalue weighted by atomic mass is 9.97. The summed E-state index contributed by atoms with van der Waals surface area (Å²) in [4.78, 5) is 4.17. The number of nitrogens with zero attached hydrogens (tertiary/aromatic N) is 3. The van der Waals surface area contributed by atoms with E-state index in [0.29, 0.717) is 6.54 Å². The monoisotopic (exact) mass is 218 g/mol. The minimum atomic E-state index is -0.131. The van der Waals surface area contributed by atoms with Gasteiger partial charge in [-0.15, -0.1) is 0 Å². The van der Waals surface area contributed by atoms with Crippen LogP contribution in [0.25, 0.3) is 0 Å². The van der Waals surface area contributed by atoms with E-state index in [1.807, 2.05) is 19.2 Å². The Morgan fingerprint density at radius 1 is 1.44 bits per heavy atom. The van der Waals surface area contributed by atoms with Crippen molar-refractivity contribution in [2.45, 2.75) is 5.92 Å². The van der Waals surface area contributed by atoms with Crippen LogP contribution in [0.3, 0.4) is 0 Å². The van der Waals surface area contributed by atoms with E-state index >= 15 is 0 Å². The van der Waals surface area contributed by atoms with Gasteiger partial charge in [0.2, 0.25) is 0 Å². The summed E-state index contributed by atoms with van der Waals surface area (Å²) in [6, 6.07) is 7.15. The number of phenols is 1. The fourth-order valence-corrected chi connectivity index (χ4v) is 1.77. The molecule has 0 saturated carbocycles. The maximum absolute atomic E-state index is 9.79. The van der Waals surface area contributed by atoms with Crippen LogP contribution in [-0.2, 0) is 7.05 Å². The van der Waals surface area contributed by atoms with Gasteiger partial charge < -0.3 is 10.8 Å².